The molecule has 0 heterocycles. The Morgan fingerprint density at radius 3 is 0.947 bits per heavy atom. The summed E-state index contributed by atoms with van der Waals surface area (Å²) in [6, 6.07) is -0.624. The van der Waals surface area contributed by atoms with Crippen molar-refractivity contribution in [3.63, 3.8) is 0 Å². The molecule has 3 N–H and O–H groups in total. The van der Waals surface area contributed by atoms with E-state index in [2.05, 4.69) is 31.3 Å². The number of aliphatic hydroxyl groups is 2. The molecule has 1 amide bonds. The highest BCUT2D eigenvalue weighted by Gasteiger charge is 2.18. The van der Waals surface area contributed by atoms with Crippen molar-refractivity contribution in [3.05, 3.63) is 24.3 Å². The summed E-state index contributed by atoms with van der Waals surface area (Å²) in [7, 11) is 0. The van der Waals surface area contributed by atoms with Crippen molar-refractivity contribution in [1.82, 2.24) is 5.32 Å². The van der Waals surface area contributed by atoms with Crippen LogP contribution in [0, 0.1) is 0 Å². The molecule has 444 valence electrons. The SMILES string of the molecule is CCCCCCCCCCCC/C=C/C(O)C(CO)NC(=O)CCCCCCCCCCCCCCCCCCC/C=C\CCCCCCCCCCCCCCOC(=O)CCCCCCCCCCCCCCC. The molecule has 0 spiro atoms. The molecule has 0 bridgehead atoms. The number of unbranched alkanes of at least 4 members (excludes halogenated alkanes) is 51. The number of rotatable bonds is 64. The van der Waals surface area contributed by atoms with Crippen molar-refractivity contribution >= 4 is 11.9 Å². The summed E-state index contributed by atoms with van der Waals surface area (Å²) < 4.78 is 5.49. The zero-order chi connectivity index (χ0) is 54.3. The van der Waals surface area contributed by atoms with Crippen molar-refractivity contribution in [2.45, 2.75) is 392 Å². The third-order valence-electron chi connectivity index (χ3n) is 16.0. The maximum Gasteiger partial charge on any atom is 0.305 e. The minimum atomic E-state index is -0.840. The third kappa shape index (κ3) is 61.4. The van der Waals surface area contributed by atoms with Crippen LogP contribution >= 0.6 is 0 Å². The molecule has 0 saturated heterocycles. The van der Waals surface area contributed by atoms with E-state index < -0.39 is 12.1 Å². The summed E-state index contributed by atoms with van der Waals surface area (Å²) >= 11 is 0. The highest BCUT2D eigenvalue weighted by Crippen LogP contribution is 2.18. The smallest absolute Gasteiger partial charge is 0.305 e. The van der Waals surface area contributed by atoms with Crippen LogP contribution in [0.25, 0.3) is 0 Å². The van der Waals surface area contributed by atoms with E-state index in [0.29, 0.717) is 19.4 Å². The fourth-order valence-corrected chi connectivity index (χ4v) is 10.7. The molecular weight excluding hydrogens is 923 g/mol. The minimum Gasteiger partial charge on any atom is -0.466 e. The van der Waals surface area contributed by atoms with E-state index in [9.17, 15) is 19.8 Å². The Balaban J connectivity index is 3.34. The first kappa shape index (κ1) is 73.3. The second kappa shape index (κ2) is 64.9. The number of allylic oxidation sites excluding steroid dienone is 3. The average molecular weight is 1060 g/mol. The lowest BCUT2D eigenvalue weighted by molar-refractivity contribution is -0.143. The molecule has 0 aromatic heterocycles. The van der Waals surface area contributed by atoms with Crippen LogP contribution in [0.5, 0.6) is 0 Å². The molecular formula is C69H133NO5. The molecule has 6 nitrogen and oxygen atoms in total. The number of ether oxygens (including phenoxy) is 1. The Labute approximate surface area is 469 Å². The largest absolute Gasteiger partial charge is 0.466 e. The molecule has 0 aliphatic rings. The number of hydrogen-bond donors (Lipinski definition) is 3. The van der Waals surface area contributed by atoms with Gasteiger partial charge in [0, 0.05) is 12.8 Å². The first-order valence-electron chi connectivity index (χ1n) is 34.1. The Morgan fingerprint density at radius 2 is 0.627 bits per heavy atom. The van der Waals surface area contributed by atoms with Crippen LogP contribution < -0.4 is 5.32 Å². The summed E-state index contributed by atoms with van der Waals surface area (Å²) in [5.74, 6) is -0.0436. The lowest BCUT2D eigenvalue weighted by Gasteiger charge is -2.20. The van der Waals surface area contributed by atoms with Gasteiger partial charge >= 0.3 is 5.97 Å². The van der Waals surface area contributed by atoms with Crippen LogP contribution in [0.1, 0.15) is 380 Å². The fourth-order valence-electron chi connectivity index (χ4n) is 10.7. The predicted octanol–water partition coefficient (Wildman–Crippen LogP) is 21.8. The number of nitrogens with one attached hydrogen (secondary N) is 1. The third-order valence-corrected chi connectivity index (χ3v) is 16.0. The molecule has 0 aliphatic carbocycles. The van der Waals surface area contributed by atoms with E-state index in [4.69, 9.17) is 4.74 Å². The van der Waals surface area contributed by atoms with Gasteiger partial charge in [0.05, 0.1) is 25.4 Å². The lowest BCUT2D eigenvalue weighted by atomic mass is 10.0. The molecule has 2 unspecified atom stereocenters. The molecule has 0 aromatic rings. The quantitative estimate of drug-likeness (QED) is 0.0320. The molecule has 0 saturated carbocycles. The molecule has 0 rings (SSSR count). The van der Waals surface area contributed by atoms with E-state index >= 15 is 0 Å². The maximum absolute atomic E-state index is 12.4. The Kier molecular flexibility index (Phi) is 63.4. The van der Waals surface area contributed by atoms with Gasteiger partial charge in [0.15, 0.2) is 0 Å². The highest BCUT2D eigenvalue weighted by atomic mass is 16.5. The van der Waals surface area contributed by atoms with Crippen LogP contribution in [0.15, 0.2) is 24.3 Å². The van der Waals surface area contributed by atoms with Crippen LogP contribution in [0.3, 0.4) is 0 Å². The first-order chi connectivity index (χ1) is 37.0. The van der Waals surface area contributed by atoms with Gasteiger partial charge in [-0.15, -0.1) is 0 Å². The molecule has 6 heteroatoms. The van der Waals surface area contributed by atoms with E-state index in [1.54, 1.807) is 6.08 Å². The standard InChI is InChI=1S/C69H133NO5/c1-3-5-7-9-11-13-15-38-43-47-51-55-59-63-69(74)75-64-60-56-52-48-44-40-37-35-33-31-29-27-25-23-21-19-17-18-20-22-24-26-28-30-32-34-36-39-42-46-50-54-58-62-68(73)70-66(65-71)67(72)61-57-53-49-45-41-16-14-12-10-8-6-4-2/h21,23,57,61,66-67,71-72H,3-20,22,24-56,58-60,62-65H2,1-2H3,(H,70,73)/b23-21-,61-57+. The van der Waals surface area contributed by atoms with Gasteiger partial charge in [-0.1, -0.05) is 334 Å². The van der Waals surface area contributed by atoms with Gasteiger partial charge in [0.1, 0.15) is 0 Å². The molecule has 0 radical (unpaired) electrons. The van der Waals surface area contributed by atoms with Gasteiger partial charge in [-0.3, -0.25) is 9.59 Å². The van der Waals surface area contributed by atoms with Crippen molar-refractivity contribution in [2.75, 3.05) is 13.2 Å². The van der Waals surface area contributed by atoms with Crippen LogP contribution in [0.4, 0.5) is 0 Å². The summed E-state index contributed by atoms with van der Waals surface area (Å²) in [5.41, 5.74) is 0. The second-order valence-electron chi connectivity index (χ2n) is 23.5. The number of amides is 1. The van der Waals surface area contributed by atoms with Crippen LogP contribution in [-0.4, -0.2) is 47.4 Å². The molecule has 75 heavy (non-hydrogen) atoms. The van der Waals surface area contributed by atoms with Crippen molar-refractivity contribution in [3.8, 4) is 0 Å². The topological polar surface area (TPSA) is 95.9 Å². The molecule has 0 fully saturated rings. The van der Waals surface area contributed by atoms with Crippen molar-refractivity contribution in [1.29, 1.82) is 0 Å². The summed E-state index contributed by atoms with van der Waals surface area (Å²) in [4.78, 5) is 24.5. The van der Waals surface area contributed by atoms with E-state index in [1.807, 2.05) is 6.08 Å². The van der Waals surface area contributed by atoms with Gasteiger partial charge < -0.3 is 20.3 Å². The molecule has 2 atom stereocenters. The van der Waals surface area contributed by atoms with Gasteiger partial charge in [0.25, 0.3) is 0 Å². The predicted molar refractivity (Wildman–Crippen MR) is 329 cm³/mol. The highest BCUT2D eigenvalue weighted by molar-refractivity contribution is 5.76. The Bertz CT molecular complexity index is 1170. The van der Waals surface area contributed by atoms with Gasteiger partial charge in [-0.2, -0.15) is 0 Å². The normalized spacial score (nSPS) is 12.6. The summed E-state index contributed by atoms with van der Waals surface area (Å²) in [6.07, 6.45) is 81.2. The summed E-state index contributed by atoms with van der Waals surface area (Å²) in [5, 5.41) is 23.1. The van der Waals surface area contributed by atoms with Crippen molar-refractivity contribution in [2.24, 2.45) is 0 Å². The first-order valence-corrected chi connectivity index (χ1v) is 34.1. The number of esters is 1. The number of carbonyl (C=O) groups excluding carboxylic acids is 2. The van der Waals surface area contributed by atoms with Gasteiger partial charge in [0.2, 0.25) is 5.91 Å². The van der Waals surface area contributed by atoms with Crippen LogP contribution in [-0.2, 0) is 14.3 Å². The Morgan fingerprint density at radius 1 is 0.360 bits per heavy atom. The van der Waals surface area contributed by atoms with E-state index in [0.717, 1.165) is 38.5 Å². The summed E-state index contributed by atoms with van der Waals surface area (Å²) in [6.45, 7) is 4.92. The second-order valence-corrected chi connectivity index (χ2v) is 23.5. The zero-order valence-corrected chi connectivity index (χ0v) is 50.8. The maximum atomic E-state index is 12.4. The monoisotopic (exact) mass is 1060 g/mol. The number of hydrogen-bond acceptors (Lipinski definition) is 5. The minimum absolute atomic E-state index is 0.0204. The van der Waals surface area contributed by atoms with Gasteiger partial charge in [-0.05, 0) is 57.8 Å². The zero-order valence-electron chi connectivity index (χ0n) is 50.8. The Hall–Kier alpha value is -1.66. The van der Waals surface area contributed by atoms with Gasteiger partial charge in [-0.25, -0.2) is 0 Å². The molecule has 0 aliphatic heterocycles. The average Bonchev–Trinajstić information content (AvgIpc) is 3.41. The molecule has 0 aromatic carbocycles. The lowest BCUT2D eigenvalue weighted by Crippen LogP contribution is -2.45. The number of aliphatic hydroxyl groups excluding tert-OH is 2. The number of carbonyl (C=O) groups is 2. The fraction of sp³-hybridized carbons (Fsp3) is 0.913. The van der Waals surface area contributed by atoms with E-state index in [-0.39, 0.29) is 18.5 Å². The van der Waals surface area contributed by atoms with Crippen molar-refractivity contribution < 1.29 is 24.5 Å². The van der Waals surface area contributed by atoms with E-state index in [1.165, 1.54) is 315 Å². The van der Waals surface area contributed by atoms with Crippen LogP contribution in [0.2, 0.25) is 0 Å².